The largest absolute Gasteiger partial charge is 0.383 e. The van der Waals surface area contributed by atoms with Crippen molar-refractivity contribution in [3.8, 4) is 0 Å². The third-order valence-corrected chi connectivity index (χ3v) is 4.54. The van der Waals surface area contributed by atoms with Gasteiger partial charge in [-0.15, -0.1) is 10.2 Å². The maximum absolute atomic E-state index is 5.87. The molecule has 8 heteroatoms. The first-order valence-corrected chi connectivity index (χ1v) is 8.77. The van der Waals surface area contributed by atoms with E-state index in [0.29, 0.717) is 25.6 Å². The van der Waals surface area contributed by atoms with Crippen LogP contribution in [0.15, 0.2) is 36.5 Å². The molecular formula is C18H22N6O2. The second-order valence-corrected chi connectivity index (χ2v) is 6.32. The average molecular weight is 354 g/mol. The number of nitrogens with zero attached hydrogens (tertiary/aromatic N) is 6. The zero-order valence-electron chi connectivity index (χ0n) is 14.8. The summed E-state index contributed by atoms with van der Waals surface area (Å²) in [6.07, 6.45) is 1.71. The molecule has 4 rings (SSSR count). The highest BCUT2D eigenvalue weighted by Gasteiger charge is 2.26. The predicted octanol–water partition coefficient (Wildman–Crippen LogP) is 1.44. The molecule has 0 N–H and O–H groups in total. The highest BCUT2D eigenvalue weighted by molar-refractivity contribution is 5.81. The quantitative estimate of drug-likeness (QED) is 0.663. The molecule has 0 amide bonds. The molecule has 1 atom stereocenters. The third kappa shape index (κ3) is 3.72. The first-order valence-electron chi connectivity index (χ1n) is 8.77. The van der Waals surface area contributed by atoms with Crippen LogP contribution in [-0.2, 0) is 22.6 Å². The fourth-order valence-corrected chi connectivity index (χ4v) is 3.19. The Hall–Kier alpha value is -2.42. The Kier molecular flexibility index (Phi) is 5.14. The van der Waals surface area contributed by atoms with Crippen molar-refractivity contribution in [1.82, 2.24) is 30.1 Å². The molecule has 1 unspecified atom stereocenters. The van der Waals surface area contributed by atoms with Gasteiger partial charge >= 0.3 is 0 Å². The summed E-state index contributed by atoms with van der Waals surface area (Å²) in [4.78, 5) is 8.36. The van der Waals surface area contributed by atoms with Gasteiger partial charge in [0, 0.05) is 38.3 Å². The number of hydrogen-bond acceptors (Lipinski definition) is 7. The van der Waals surface area contributed by atoms with Crippen LogP contribution in [0.5, 0.6) is 0 Å². The van der Waals surface area contributed by atoms with Gasteiger partial charge in [0.1, 0.15) is 6.10 Å². The minimum absolute atomic E-state index is 0.159. The number of para-hydroxylation sites is 1. The number of benzene rings is 1. The molecular weight excluding hydrogens is 332 g/mol. The lowest BCUT2D eigenvalue weighted by Crippen LogP contribution is -2.38. The van der Waals surface area contributed by atoms with Gasteiger partial charge in [-0.2, -0.15) is 4.80 Å². The summed E-state index contributed by atoms with van der Waals surface area (Å²) in [6, 6.07) is 10.3. The molecule has 3 aromatic rings. The van der Waals surface area contributed by atoms with Gasteiger partial charge in [0.25, 0.3) is 0 Å². The van der Waals surface area contributed by atoms with Gasteiger partial charge in [-0.05, 0) is 22.9 Å². The van der Waals surface area contributed by atoms with Crippen molar-refractivity contribution in [3.63, 3.8) is 0 Å². The lowest BCUT2D eigenvalue weighted by molar-refractivity contribution is -0.0372. The molecule has 0 radical (unpaired) electrons. The Bertz CT molecular complexity index is 862. The SMILES string of the molecule is COCCn1nnc(C2CN(Cc3ccnc4ccccc34)CCO2)n1. The molecule has 1 aromatic carbocycles. The highest BCUT2D eigenvalue weighted by atomic mass is 16.5. The standard InChI is InChI=1S/C18H22N6O2/c1-25-10-9-24-21-18(20-22-24)17-13-23(8-11-26-17)12-14-6-7-19-16-5-3-2-4-15(14)16/h2-7,17H,8-13H2,1H3. The maximum atomic E-state index is 5.87. The number of pyridine rings is 1. The number of morpholine rings is 1. The summed E-state index contributed by atoms with van der Waals surface area (Å²) in [5.74, 6) is 0.630. The van der Waals surface area contributed by atoms with Gasteiger partial charge in [0.15, 0.2) is 0 Å². The van der Waals surface area contributed by atoms with E-state index in [0.717, 1.165) is 25.2 Å². The first-order chi connectivity index (χ1) is 12.8. The van der Waals surface area contributed by atoms with Gasteiger partial charge in [-0.1, -0.05) is 18.2 Å². The number of ether oxygens (including phenoxy) is 2. The number of methoxy groups -OCH3 is 1. The van der Waals surface area contributed by atoms with Gasteiger partial charge in [0.05, 0.1) is 25.3 Å². The Labute approximate surface area is 151 Å². The van der Waals surface area contributed by atoms with Crippen LogP contribution in [-0.4, -0.2) is 63.5 Å². The summed E-state index contributed by atoms with van der Waals surface area (Å²) in [6.45, 7) is 4.27. The summed E-state index contributed by atoms with van der Waals surface area (Å²) in [5.41, 5.74) is 2.30. The van der Waals surface area contributed by atoms with Crippen LogP contribution in [0.1, 0.15) is 17.5 Å². The normalized spacial score (nSPS) is 18.4. The van der Waals surface area contributed by atoms with Crippen LogP contribution >= 0.6 is 0 Å². The summed E-state index contributed by atoms with van der Waals surface area (Å²) >= 11 is 0. The fraction of sp³-hybridized carbons (Fsp3) is 0.444. The molecule has 0 saturated carbocycles. The van der Waals surface area contributed by atoms with Crippen LogP contribution in [0, 0.1) is 0 Å². The van der Waals surface area contributed by atoms with E-state index in [2.05, 4.69) is 43.5 Å². The van der Waals surface area contributed by atoms with Crippen molar-refractivity contribution in [2.75, 3.05) is 33.4 Å². The number of hydrogen-bond donors (Lipinski definition) is 0. The van der Waals surface area contributed by atoms with Crippen molar-refractivity contribution in [1.29, 1.82) is 0 Å². The molecule has 0 spiro atoms. The van der Waals surface area contributed by atoms with E-state index in [1.54, 1.807) is 11.9 Å². The zero-order chi connectivity index (χ0) is 17.8. The van der Waals surface area contributed by atoms with Gasteiger partial charge in [-0.3, -0.25) is 9.88 Å². The lowest BCUT2D eigenvalue weighted by Gasteiger charge is -2.31. The molecule has 2 aromatic heterocycles. The van der Waals surface area contributed by atoms with Crippen LogP contribution in [0.3, 0.4) is 0 Å². The minimum Gasteiger partial charge on any atom is -0.383 e. The monoisotopic (exact) mass is 354 g/mol. The first kappa shape index (κ1) is 17.0. The van der Waals surface area contributed by atoms with Crippen molar-refractivity contribution in [3.05, 3.63) is 47.9 Å². The summed E-state index contributed by atoms with van der Waals surface area (Å²) in [7, 11) is 1.66. The Morgan fingerprint density at radius 1 is 1.27 bits per heavy atom. The van der Waals surface area contributed by atoms with Gasteiger partial charge < -0.3 is 9.47 Å². The summed E-state index contributed by atoms with van der Waals surface area (Å²) in [5, 5.41) is 13.8. The van der Waals surface area contributed by atoms with Crippen molar-refractivity contribution >= 4 is 10.9 Å². The van der Waals surface area contributed by atoms with E-state index in [9.17, 15) is 0 Å². The zero-order valence-corrected chi connectivity index (χ0v) is 14.8. The third-order valence-electron chi connectivity index (χ3n) is 4.54. The fourth-order valence-electron chi connectivity index (χ4n) is 3.19. The number of rotatable bonds is 6. The van der Waals surface area contributed by atoms with Gasteiger partial charge in [0.2, 0.25) is 5.82 Å². The predicted molar refractivity (Wildman–Crippen MR) is 95.4 cm³/mol. The minimum atomic E-state index is -0.159. The van der Waals surface area contributed by atoms with Crippen LogP contribution in [0.25, 0.3) is 10.9 Å². The molecule has 26 heavy (non-hydrogen) atoms. The van der Waals surface area contributed by atoms with E-state index >= 15 is 0 Å². The maximum Gasteiger partial charge on any atom is 0.204 e. The molecule has 1 fully saturated rings. The van der Waals surface area contributed by atoms with Crippen molar-refractivity contribution in [2.24, 2.45) is 0 Å². The lowest BCUT2D eigenvalue weighted by atomic mass is 10.1. The molecule has 1 aliphatic heterocycles. The molecule has 8 nitrogen and oxygen atoms in total. The Morgan fingerprint density at radius 3 is 3.12 bits per heavy atom. The van der Waals surface area contributed by atoms with Crippen LogP contribution in [0.4, 0.5) is 0 Å². The topological polar surface area (TPSA) is 78.2 Å². The number of aromatic nitrogens is 5. The Balaban J connectivity index is 1.46. The van der Waals surface area contributed by atoms with E-state index in [1.807, 2.05) is 18.3 Å². The van der Waals surface area contributed by atoms with Crippen molar-refractivity contribution < 1.29 is 9.47 Å². The van der Waals surface area contributed by atoms with Crippen LogP contribution in [0.2, 0.25) is 0 Å². The average Bonchev–Trinajstić information content (AvgIpc) is 3.16. The van der Waals surface area contributed by atoms with E-state index < -0.39 is 0 Å². The molecule has 3 heterocycles. The van der Waals surface area contributed by atoms with E-state index in [4.69, 9.17) is 9.47 Å². The molecule has 1 saturated heterocycles. The molecule has 0 aliphatic carbocycles. The van der Waals surface area contributed by atoms with E-state index in [-0.39, 0.29) is 6.10 Å². The molecule has 1 aliphatic rings. The number of tetrazole rings is 1. The van der Waals surface area contributed by atoms with Crippen LogP contribution < -0.4 is 0 Å². The Morgan fingerprint density at radius 2 is 2.19 bits per heavy atom. The highest BCUT2D eigenvalue weighted by Crippen LogP contribution is 2.23. The molecule has 0 bridgehead atoms. The smallest absolute Gasteiger partial charge is 0.204 e. The second-order valence-electron chi connectivity index (χ2n) is 6.32. The second kappa shape index (κ2) is 7.86. The summed E-state index contributed by atoms with van der Waals surface area (Å²) < 4.78 is 10.9. The van der Waals surface area contributed by atoms with Gasteiger partial charge in [-0.25, -0.2) is 0 Å². The molecule has 136 valence electrons. The van der Waals surface area contributed by atoms with E-state index in [1.165, 1.54) is 10.9 Å². The van der Waals surface area contributed by atoms with Crippen molar-refractivity contribution in [2.45, 2.75) is 19.2 Å². The number of fused-ring (bicyclic) bond motifs is 1.